The summed E-state index contributed by atoms with van der Waals surface area (Å²) < 4.78 is 10.8. The van der Waals surface area contributed by atoms with Crippen LogP contribution in [0.4, 0.5) is 0 Å². The highest BCUT2D eigenvalue weighted by Gasteiger charge is 2.24. The summed E-state index contributed by atoms with van der Waals surface area (Å²) in [4.78, 5) is 8.76. The number of rotatable bonds is 5. The average molecular weight is 326 g/mol. The fraction of sp³-hybridized carbons (Fsp3) is 0.444. The third kappa shape index (κ3) is 3.49. The van der Waals surface area contributed by atoms with Crippen molar-refractivity contribution in [1.29, 1.82) is 0 Å². The number of hydrogen-bond acceptors (Lipinski definition) is 6. The Labute approximate surface area is 141 Å². The van der Waals surface area contributed by atoms with Crippen LogP contribution >= 0.6 is 0 Å². The summed E-state index contributed by atoms with van der Waals surface area (Å²) in [5.41, 5.74) is 1.22. The molecule has 2 aliphatic rings. The minimum atomic E-state index is 0.261. The van der Waals surface area contributed by atoms with Crippen LogP contribution in [-0.4, -0.2) is 29.9 Å². The van der Waals surface area contributed by atoms with Crippen LogP contribution in [0.3, 0.4) is 0 Å². The molecule has 1 aromatic carbocycles. The van der Waals surface area contributed by atoms with Crippen LogP contribution < -0.4 is 20.1 Å². The maximum absolute atomic E-state index is 5.43. The molecule has 2 unspecified atom stereocenters. The molecule has 0 spiro atoms. The monoisotopic (exact) mass is 326 g/mol. The van der Waals surface area contributed by atoms with E-state index in [0.717, 1.165) is 43.4 Å². The van der Waals surface area contributed by atoms with Crippen molar-refractivity contribution in [3.8, 4) is 11.5 Å². The Morgan fingerprint density at radius 1 is 1.17 bits per heavy atom. The first-order chi connectivity index (χ1) is 11.9. The van der Waals surface area contributed by atoms with Crippen molar-refractivity contribution in [1.82, 2.24) is 20.6 Å². The van der Waals surface area contributed by atoms with E-state index in [-0.39, 0.29) is 6.04 Å². The molecular formula is C18H22N4O2. The number of piperidine rings is 1. The largest absolute Gasteiger partial charge is 0.454 e. The van der Waals surface area contributed by atoms with Crippen molar-refractivity contribution in [3.63, 3.8) is 0 Å². The van der Waals surface area contributed by atoms with Gasteiger partial charge in [-0.25, -0.2) is 9.97 Å². The number of aromatic nitrogens is 2. The summed E-state index contributed by atoms with van der Waals surface area (Å²) in [7, 11) is 0. The van der Waals surface area contributed by atoms with Gasteiger partial charge in [0.05, 0.1) is 6.04 Å². The molecule has 0 amide bonds. The van der Waals surface area contributed by atoms with E-state index in [4.69, 9.17) is 9.47 Å². The molecular weight excluding hydrogens is 304 g/mol. The molecule has 0 saturated carbocycles. The van der Waals surface area contributed by atoms with Gasteiger partial charge in [-0.3, -0.25) is 0 Å². The lowest BCUT2D eigenvalue weighted by molar-refractivity contribution is 0.174. The van der Waals surface area contributed by atoms with E-state index in [2.05, 4.69) is 32.7 Å². The number of fused-ring (bicyclic) bond motifs is 1. The minimum Gasteiger partial charge on any atom is -0.454 e. The lowest BCUT2D eigenvalue weighted by Crippen LogP contribution is -2.36. The second kappa shape index (κ2) is 7.15. The Morgan fingerprint density at radius 3 is 2.96 bits per heavy atom. The maximum Gasteiger partial charge on any atom is 0.231 e. The van der Waals surface area contributed by atoms with Gasteiger partial charge in [0, 0.05) is 18.9 Å². The Morgan fingerprint density at radius 2 is 2.04 bits per heavy atom. The zero-order chi connectivity index (χ0) is 16.2. The first-order valence-electron chi connectivity index (χ1n) is 8.48. The summed E-state index contributed by atoms with van der Waals surface area (Å²) in [6.07, 6.45) is 5.87. The lowest BCUT2D eigenvalue weighted by Gasteiger charge is -2.29. The molecule has 3 heterocycles. The molecule has 1 aromatic heterocycles. The van der Waals surface area contributed by atoms with Gasteiger partial charge in [-0.05, 0) is 55.6 Å². The van der Waals surface area contributed by atoms with Crippen LogP contribution in [0.5, 0.6) is 11.5 Å². The first-order valence-corrected chi connectivity index (χ1v) is 8.48. The smallest absolute Gasteiger partial charge is 0.231 e. The molecule has 2 aromatic rings. The lowest BCUT2D eigenvalue weighted by atomic mass is 9.92. The van der Waals surface area contributed by atoms with E-state index >= 15 is 0 Å². The Kier molecular flexibility index (Phi) is 4.57. The number of benzene rings is 1. The van der Waals surface area contributed by atoms with Gasteiger partial charge in [0.25, 0.3) is 0 Å². The zero-order valence-electron chi connectivity index (χ0n) is 13.6. The molecule has 1 fully saturated rings. The number of nitrogens with one attached hydrogen (secondary N) is 2. The predicted octanol–water partition coefficient (Wildman–Crippen LogP) is 2.04. The van der Waals surface area contributed by atoms with Gasteiger partial charge in [-0.15, -0.1) is 0 Å². The topological polar surface area (TPSA) is 68.3 Å². The summed E-state index contributed by atoms with van der Waals surface area (Å²) >= 11 is 0. The van der Waals surface area contributed by atoms with E-state index in [0.29, 0.717) is 12.7 Å². The summed E-state index contributed by atoms with van der Waals surface area (Å²) in [5, 5.41) is 7.09. The highest BCUT2D eigenvalue weighted by Crippen LogP contribution is 2.32. The van der Waals surface area contributed by atoms with Crippen LogP contribution in [0.2, 0.25) is 0 Å². The SMILES string of the molecule is c1cnc(C2CC(CNCc3ccc4c(c3)OCO4)CCN2)nc1. The molecule has 0 aliphatic carbocycles. The fourth-order valence-electron chi connectivity index (χ4n) is 3.34. The van der Waals surface area contributed by atoms with Crippen molar-refractivity contribution in [2.45, 2.75) is 25.4 Å². The van der Waals surface area contributed by atoms with Crippen LogP contribution in [0, 0.1) is 5.92 Å². The normalized spacial score (nSPS) is 22.5. The molecule has 4 rings (SSSR count). The molecule has 2 atom stereocenters. The number of nitrogens with zero attached hydrogens (tertiary/aromatic N) is 2. The number of hydrogen-bond donors (Lipinski definition) is 2. The van der Waals surface area contributed by atoms with Gasteiger partial charge in [0.2, 0.25) is 6.79 Å². The summed E-state index contributed by atoms with van der Waals surface area (Å²) in [6.45, 7) is 3.18. The van der Waals surface area contributed by atoms with Crippen molar-refractivity contribution >= 4 is 0 Å². The maximum atomic E-state index is 5.43. The van der Waals surface area contributed by atoms with Gasteiger partial charge >= 0.3 is 0 Å². The van der Waals surface area contributed by atoms with E-state index in [1.165, 1.54) is 12.0 Å². The van der Waals surface area contributed by atoms with Crippen molar-refractivity contribution in [2.75, 3.05) is 19.9 Å². The third-order valence-corrected chi connectivity index (χ3v) is 4.61. The van der Waals surface area contributed by atoms with Gasteiger partial charge in [-0.1, -0.05) is 6.07 Å². The molecule has 0 bridgehead atoms. The van der Waals surface area contributed by atoms with Crippen LogP contribution in [0.1, 0.15) is 30.3 Å². The van der Waals surface area contributed by atoms with Gasteiger partial charge < -0.3 is 20.1 Å². The summed E-state index contributed by atoms with van der Waals surface area (Å²) in [5.74, 6) is 3.22. The second-order valence-electron chi connectivity index (χ2n) is 6.32. The molecule has 2 N–H and O–H groups in total. The van der Waals surface area contributed by atoms with Crippen LogP contribution in [0.25, 0.3) is 0 Å². The standard InChI is InChI=1S/C18H22N4O2/c1-5-21-18(22-6-1)15-8-14(4-7-20-15)11-19-10-13-2-3-16-17(9-13)24-12-23-16/h1-3,5-6,9,14-15,19-20H,4,7-8,10-12H2. The van der Waals surface area contributed by atoms with Crippen molar-refractivity contribution < 1.29 is 9.47 Å². The molecule has 6 heteroatoms. The molecule has 2 aliphatic heterocycles. The van der Waals surface area contributed by atoms with Crippen LogP contribution in [-0.2, 0) is 6.54 Å². The van der Waals surface area contributed by atoms with Gasteiger partial charge in [0.15, 0.2) is 11.5 Å². The highest BCUT2D eigenvalue weighted by molar-refractivity contribution is 5.44. The average Bonchev–Trinajstić information content (AvgIpc) is 3.11. The van der Waals surface area contributed by atoms with E-state index in [9.17, 15) is 0 Å². The predicted molar refractivity (Wildman–Crippen MR) is 89.8 cm³/mol. The second-order valence-corrected chi connectivity index (χ2v) is 6.32. The summed E-state index contributed by atoms with van der Waals surface area (Å²) in [6, 6.07) is 8.24. The fourth-order valence-corrected chi connectivity index (χ4v) is 3.34. The van der Waals surface area contributed by atoms with Gasteiger partial charge in [0.1, 0.15) is 5.82 Å². The molecule has 126 valence electrons. The van der Waals surface area contributed by atoms with E-state index < -0.39 is 0 Å². The van der Waals surface area contributed by atoms with Crippen molar-refractivity contribution in [2.24, 2.45) is 5.92 Å². The Balaban J connectivity index is 1.28. The van der Waals surface area contributed by atoms with Crippen molar-refractivity contribution in [3.05, 3.63) is 48.0 Å². The number of ether oxygens (including phenoxy) is 2. The Hall–Kier alpha value is -2.18. The molecule has 6 nitrogen and oxygen atoms in total. The molecule has 24 heavy (non-hydrogen) atoms. The minimum absolute atomic E-state index is 0.261. The Bertz CT molecular complexity index is 680. The first kappa shape index (κ1) is 15.4. The van der Waals surface area contributed by atoms with E-state index in [1.807, 2.05) is 24.5 Å². The van der Waals surface area contributed by atoms with E-state index in [1.54, 1.807) is 0 Å². The van der Waals surface area contributed by atoms with Crippen LogP contribution in [0.15, 0.2) is 36.7 Å². The molecule has 1 saturated heterocycles. The zero-order valence-corrected chi connectivity index (χ0v) is 13.6. The molecule has 0 radical (unpaired) electrons. The highest BCUT2D eigenvalue weighted by atomic mass is 16.7. The third-order valence-electron chi connectivity index (χ3n) is 4.61. The quantitative estimate of drug-likeness (QED) is 0.876. The van der Waals surface area contributed by atoms with Gasteiger partial charge in [-0.2, -0.15) is 0 Å².